The Kier molecular flexibility index (Phi) is 3.60. The van der Waals surface area contributed by atoms with Crippen molar-refractivity contribution in [3.63, 3.8) is 0 Å². The molecule has 2 aliphatic rings. The Bertz CT molecular complexity index is 706. The first kappa shape index (κ1) is 14.4. The number of likely N-dealkylation sites (tertiary alicyclic amines) is 1. The van der Waals surface area contributed by atoms with Gasteiger partial charge in [0.15, 0.2) is 0 Å². The first-order valence-electron chi connectivity index (χ1n) is 8.42. The summed E-state index contributed by atoms with van der Waals surface area (Å²) in [5.41, 5.74) is 3.76. The minimum Gasteiger partial charge on any atom is -0.337 e. The van der Waals surface area contributed by atoms with Crippen molar-refractivity contribution in [3.8, 4) is 0 Å². The van der Waals surface area contributed by atoms with Crippen molar-refractivity contribution in [2.45, 2.75) is 37.5 Å². The molecule has 1 fully saturated rings. The molecule has 0 atom stereocenters. The molecule has 0 N–H and O–H groups in total. The highest BCUT2D eigenvalue weighted by atomic mass is 16.2. The molecule has 118 valence electrons. The van der Waals surface area contributed by atoms with Crippen LogP contribution < -0.4 is 0 Å². The molecule has 0 radical (unpaired) electrons. The molecule has 1 aromatic heterocycles. The number of benzene rings is 1. The molecule has 1 aliphatic carbocycles. The van der Waals surface area contributed by atoms with E-state index in [2.05, 4.69) is 34.2 Å². The van der Waals surface area contributed by atoms with E-state index in [9.17, 15) is 4.79 Å². The van der Waals surface area contributed by atoms with Gasteiger partial charge in [-0.05, 0) is 48.6 Å². The second-order valence-electron chi connectivity index (χ2n) is 6.67. The maximum absolute atomic E-state index is 12.5. The van der Waals surface area contributed by atoms with Gasteiger partial charge >= 0.3 is 0 Å². The highest BCUT2D eigenvalue weighted by molar-refractivity contribution is 5.92. The monoisotopic (exact) mass is 307 g/mol. The number of fused-ring (bicyclic) bond motifs is 2. The van der Waals surface area contributed by atoms with Crippen molar-refractivity contribution in [3.05, 3.63) is 59.7 Å². The van der Waals surface area contributed by atoms with Crippen molar-refractivity contribution < 1.29 is 4.79 Å². The average molecular weight is 307 g/mol. The minimum absolute atomic E-state index is 0.0112. The Morgan fingerprint density at radius 2 is 1.91 bits per heavy atom. The number of hydrogen-bond donors (Lipinski definition) is 0. The maximum Gasteiger partial charge on any atom is 0.274 e. The fraction of sp³-hybridized carbons (Fsp3) is 0.421. The molecular formula is C19H21N3O. The summed E-state index contributed by atoms with van der Waals surface area (Å²) < 4.78 is 0. The minimum atomic E-state index is 0.0112. The van der Waals surface area contributed by atoms with Crippen LogP contribution >= 0.6 is 0 Å². The first-order chi connectivity index (χ1) is 11.3. The van der Waals surface area contributed by atoms with Crippen LogP contribution in [-0.4, -0.2) is 33.9 Å². The van der Waals surface area contributed by atoms with Gasteiger partial charge in [0.25, 0.3) is 5.91 Å². The summed E-state index contributed by atoms with van der Waals surface area (Å²) in [6.07, 6.45) is 10.5. The van der Waals surface area contributed by atoms with E-state index in [1.807, 2.05) is 4.90 Å². The Labute approximate surface area is 136 Å². The number of aryl methyl sites for hydroxylation is 1. The van der Waals surface area contributed by atoms with E-state index in [4.69, 9.17) is 0 Å². The third-order valence-electron chi connectivity index (χ3n) is 5.48. The second-order valence-corrected chi connectivity index (χ2v) is 6.67. The molecule has 2 aromatic rings. The lowest BCUT2D eigenvalue weighted by molar-refractivity contribution is 0.0646. The number of amides is 1. The summed E-state index contributed by atoms with van der Waals surface area (Å²) in [6, 6.07) is 8.87. The standard InChI is InChI=1S/C19H21N3O/c23-18(17-14-20-10-11-21-17)22-12-8-19(9-13-22)7-3-5-15-4-1-2-6-16(15)19/h1-2,4,6,10-11,14H,3,5,7-9,12-13H2. The lowest BCUT2D eigenvalue weighted by Crippen LogP contribution is -2.46. The molecule has 0 unspecified atom stereocenters. The lowest BCUT2D eigenvalue weighted by atomic mass is 9.65. The third kappa shape index (κ3) is 2.52. The zero-order valence-corrected chi connectivity index (χ0v) is 13.2. The highest BCUT2D eigenvalue weighted by Crippen LogP contribution is 2.44. The van der Waals surface area contributed by atoms with Gasteiger partial charge in [-0.1, -0.05) is 24.3 Å². The SMILES string of the molecule is O=C(c1cnccn1)N1CCC2(CCCc3ccccc32)CC1. The molecule has 1 aliphatic heterocycles. The number of carbonyl (C=O) groups excluding carboxylic acids is 1. The summed E-state index contributed by atoms with van der Waals surface area (Å²) in [5, 5.41) is 0. The van der Waals surface area contributed by atoms with Crippen LogP contribution in [0.5, 0.6) is 0 Å². The summed E-state index contributed by atoms with van der Waals surface area (Å²) in [7, 11) is 0. The Balaban J connectivity index is 1.53. The molecule has 4 heteroatoms. The zero-order chi connectivity index (χ0) is 15.7. The number of hydrogen-bond acceptors (Lipinski definition) is 3. The van der Waals surface area contributed by atoms with Crippen LogP contribution in [0, 0.1) is 0 Å². The summed E-state index contributed by atoms with van der Waals surface area (Å²) >= 11 is 0. The highest BCUT2D eigenvalue weighted by Gasteiger charge is 2.40. The fourth-order valence-corrected chi connectivity index (χ4v) is 4.24. The number of piperidine rings is 1. The maximum atomic E-state index is 12.5. The largest absolute Gasteiger partial charge is 0.337 e. The fourth-order valence-electron chi connectivity index (χ4n) is 4.24. The van der Waals surface area contributed by atoms with Crippen molar-refractivity contribution >= 4 is 5.91 Å². The number of rotatable bonds is 1. The van der Waals surface area contributed by atoms with Crippen LogP contribution in [0.15, 0.2) is 42.9 Å². The summed E-state index contributed by atoms with van der Waals surface area (Å²) in [6.45, 7) is 1.62. The van der Waals surface area contributed by atoms with Gasteiger partial charge < -0.3 is 4.90 Å². The number of nitrogens with zero attached hydrogens (tertiary/aromatic N) is 3. The van der Waals surface area contributed by atoms with E-state index in [1.54, 1.807) is 18.6 Å². The van der Waals surface area contributed by atoms with Crippen LogP contribution in [0.2, 0.25) is 0 Å². The molecule has 1 spiro atoms. The van der Waals surface area contributed by atoms with E-state index >= 15 is 0 Å². The summed E-state index contributed by atoms with van der Waals surface area (Å²) in [4.78, 5) is 22.6. The van der Waals surface area contributed by atoms with Crippen LogP contribution in [0.25, 0.3) is 0 Å². The molecule has 2 heterocycles. The Hall–Kier alpha value is -2.23. The first-order valence-corrected chi connectivity index (χ1v) is 8.42. The third-order valence-corrected chi connectivity index (χ3v) is 5.48. The van der Waals surface area contributed by atoms with Gasteiger partial charge in [0, 0.05) is 25.5 Å². The normalized spacial score (nSPS) is 19.4. The zero-order valence-electron chi connectivity index (χ0n) is 13.2. The Morgan fingerprint density at radius 3 is 2.70 bits per heavy atom. The van der Waals surface area contributed by atoms with Crippen molar-refractivity contribution in [1.82, 2.24) is 14.9 Å². The van der Waals surface area contributed by atoms with Gasteiger partial charge in [-0.15, -0.1) is 0 Å². The molecule has 0 saturated carbocycles. The second kappa shape index (κ2) is 5.76. The molecule has 1 aromatic carbocycles. The quantitative estimate of drug-likeness (QED) is 0.813. The molecule has 23 heavy (non-hydrogen) atoms. The van der Waals surface area contributed by atoms with Crippen LogP contribution in [0.1, 0.15) is 47.3 Å². The van der Waals surface area contributed by atoms with Crippen molar-refractivity contribution in [2.24, 2.45) is 0 Å². The Morgan fingerprint density at radius 1 is 1.09 bits per heavy atom. The van der Waals surface area contributed by atoms with E-state index in [1.165, 1.54) is 30.4 Å². The summed E-state index contributed by atoms with van der Waals surface area (Å²) in [5.74, 6) is 0.0112. The average Bonchev–Trinajstić information content (AvgIpc) is 2.63. The van der Waals surface area contributed by atoms with Gasteiger partial charge in [-0.2, -0.15) is 0 Å². The van der Waals surface area contributed by atoms with Crippen LogP contribution in [-0.2, 0) is 11.8 Å². The molecule has 1 amide bonds. The van der Waals surface area contributed by atoms with Gasteiger partial charge in [-0.25, -0.2) is 4.98 Å². The molecular weight excluding hydrogens is 286 g/mol. The van der Waals surface area contributed by atoms with E-state index in [0.717, 1.165) is 25.9 Å². The molecule has 4 nitrogen and oxygen atoms in total. The van der Waals surface area contributed by atoms with E-state index < -0.39 is 0 Å². The van der Waals surface area contributed by atoms with Gasteiger partial charge in [0.1, 0.15) is 5.69 Å². The van der Waals surface area contributed by atoms with Gasteiger partial charge in [0.05, 0.1) is 6.20 Å². The van der Waals surface area contributed by atoms with Crippen LogP contribution in [0.3, 0.4) is 0 Å². The van der Waals surface area contributed by atoms with Gasteiger partial charge in [-0.3, -0.25) is 9.78 Å². The van der Waals surface area contributed by atoms with Crippen molar-refractivity contribution in [1.29, 1.82) is 0 Å². The van der Waals surface area contributed by atoms with Gasteiger partial charge in [0.2, 0.25) is 0 Å². The number of aromatic nitrogens is 2. The molecule has 4 rings (SSSR count). The molecule has 1 saturated heterocycles. The van der Waals surface area contributed by atoms with Crippen LogP contribution in [0.4, 0.5) is 0 Å². The molecule has 0 bridgehead atoms. The lowest BCUT2D eigenvalue weighted by Gasteiger charge is -2.45. The van der Waals surface area contributed by atoms with E-state index in [-0.39, 0.29) is 11.3 Å². The van der Waals surface area contributed by atoms with Crippen molar-refractivity contribution in [2.75, 3.05) is 13.1 Å². The number of carbonyl (C=O) groups is 1. The smallest absolute Gasteiger partial charge is 0.274 e. The topological polar surface area (TPSA) is 46.1 Å². The predicted octanol–water partition coefficient (Wildman–Crippen LogP) is 2.99. The predicted molar refractivity (Wildman–Crippen MR) is 88.2 cm³/mol. The van der Waals surface area contributed by atoms with E-state index in [0.29, 0.717) is 5.69 Å².